The summed E-state index contributed by atoms with van der Waals surface area (Å²) in [6.45, 7) is 1.41. The van der Waals surface area contributed by atoms with E-state index >= 15 is 0 Å². The molecule has 0 aliphatic heterocycles. The molecular weight excluding hydrogens is 444 g/mol. The monoisotopic (exact) mass is 452 g/mol. The molecule has 0 atom stereocenters. The van der Waals surface area contributed by atoms with Crippen molar-refractivity contribution in [1.82, 2.24) is 0 Å². The van der Waals surface area contributed by atoms with Crippen molar-refractivity contribution >= 4 is 70.5 Å². The van der Waals surface area contributed by atoms with Gasteiger partial charge in [0.1, 0.15) is 4.21 Å². The van der Waals surface area contributed by atoms with Crippen molar-refractivity contribution in [3.63, 3.8) is 0 Å². The molecule has 9 heteroatoms. The number of halogens is 2. The van der Waals surface area contributed by atoms with Gasteiger partial charge in [-0.1, -0.05) is 0 Å². The third kappa shape index (κ3) is 4.29. The zero-order chi connectivity index (χ0) is 15.6. The summed E-state index contributed by atoms with van der Waals surface area (Å²) in [6.07, 6.45) is 0. The fraction of sp³-hybridized carbons (Fsp3) is 0.0833. The Balaban J connectivity index is 2.18. The SMILES string of the molecule is CC(=O)Nc1ccc(NS(=O)(=O)c2cc(Br)c(Br)s2)cc1. The van der Waals surface area contributed by atoms with Gasteiger partial charge < -0.3 is 5.32 Å². The van der Waals surface area contributed by atoms with Gasteiger partial charge in [-0.05, 0) is 62.2 Å². The quantitative estimate of drug-likeness (QED) is 0.733. The van der Waals surface area contributed by atoms with Crippen LogP contribution in [0.1, 0.15) is 6.92 Å². The molecule has 1 amide bonds. The Hall–Kier alpha value is -0.900. The van der Waals surface area contributed by atoms with Crippen molar-refractivity contribution in [2.75, 3.05) is 10.0 Å². The van der Waals surface area contributed by atoms with Crippen molar-refractivity contribution in [3.8, 4) is 0 Å². The van der Waals surface area contributed by atoms with Crippen molar-refractivity contribution in [2.24, 2.45) is 0 Å². The minimum absolute atomic E-state index is 0.184. The second-order valence-electron chi connectivity index (χ2n) is 4.05. The zero-order valence-electron chi connectivity index (χ0n) is 10.7. The van der Waals surface area contributed by atoms with Crippen molar-refractivity contribution in [2.45, 2.75) is 11.1 Å². The molecule has 0 unspecified atom stereocenters. The number of sulfonamides is 1. The molecule has 2 rings (SSSR count). The molecule has 2 N–H and O–H groups in total. The summed E-state index contributed by atoms with van der Waals surface area (Å²) < 4.78 is 28.5. The summed E-state index contributed by atoms with van der Waals surface area (Å²) in [5.41, 5.74) is 1.02. The molecule has 1 heterocycles. The Morgan fingerprint density at radius 1 is 1.14 bits per heavy atom. The molecule has 1 aromatic heterocycles. The predicted octanol–water partition coefficient (Wildman–Crippen LogP) is 4.03. The Bertz CT molecular complexity index is 751. The van der Waals surface area contributed by atoms with Gasteiger partial charge in [-0.2, -0.15) is 0 Å². The molecule has 1 aromatic carbocycles. The van der Waals surface area contributed by atoms with Crippen LogP contribution in [-0.4, -0.2) is 14.3 Å². The summed E-state index contributed by atoms with van der Waals surface area (Å²) >= 11 is 7.64. The first-order valence-electron chi connectivity index (χ1n) is 5.63. The Morgan fingerprint density at radius 3 is 2.19 bits per heavy atom. The molecule has 0 radical (unpaired) electrons. The normalized spacial score (nSPS) is 11.2. The number of carbonyl (C=O) groups excluding carboxylic acids is 1. The molecule has 0 saturated heterocycles. The maximum absolute atomic E-state index is 12.2. The van der Waals surface area contributed by atoms with Gasteiger partial charge in [0.15, 0.2) is 0 Å². The van der Waals surface area contributed by atoms with E-state index in [0.29, 0.717) is 19.6 Å². The van der Waals surface area contributed by atoms with Gasteiger partial charge in [-0.15, -0.1) is 11.3 Å². The van der Waals surface area contributed by atoms with E-state index in [2.05, 4.69) is 41.9 Å². The number of anilines is 2. The number of thiophene rings is 1. The van der Waals surface area contributed by atoms with E-state index < -0.39 is 10.0 Å². The van der Waals surface area contributed by atoms with Crippen LogP contribution in [0.15, 0.2) is 42.8 Å². The number of carbonyl (C=O) groups is 1. The van der Waals surface area contributed by atoms with Crippen LogP contribution < -0.4 is 10.0 Å². The van der Waals surface area contributed by atoms with Gasteiger partial charge in [-0.3, -0.25) is 9.52 Å². The topological polar surface area (TPSA) is 75.3 Å². The van der Waals surface area contributed by atoms with E-state index in [-0.39, 0.29) is 10.1 Å². The molecule has 21 heavy (non-hydrogen) atoms. The summed E-state index contributed by atoms with van der Waals surface area (Å²) in [4.78, 5) is 10.9. The van der Waals surface area contributed by atoms with Crippen LogP contribution in [0.25, 0.3) is 0 Å². The lowest BCUT2D eigenvalue weighted by atomic mass is 10.3. The third-order valence-electron chi connectivity index (χ3n) is 2.34. The van der Waals surface area contributed by atoms with Gasteiger partial charge in [0.05, 0.1) is 3.79 Å². The third-order valence-corrected chi connectivity index (χ3v) is 7.46. The molecule has 0 fully saturated rings. The van der Waals surface area contributed by atoms with Gasteiger partial charge in [0, 0.05) is 22.8 Å². The molecule has 2 aromatic rings. The maximum atomic E-state index is 12.2. The number of benzene rings is 1. The predicted molar refractivity (Wildman–Crippen MR) is 91.3 cm³/mol. The number of nitrogens with one attached hydrogen (secondary N) is 2. The number of amides is 1. The van der Waals surface area contributed by atoms with Gasteiger partial charge >= 0.3 is 0 Å². The molecule has 112 valence electrons. The first kappa shape index (κ1) is 16.5. The highest BCUT2D eigenvalue weighted by molar-refractivity contribution is 9.13. The highest BCUT2D eigenvalue weighted by atomic mass is 79.9. The first-order valence-corrected chi connectivity index (χ1v) is 9.52. The maximum Gasteiger partial charge on any atom is 0.271 e. The van der Waals surface area contributed by atoms with Crippen LogP contribution in [0.4, 0.5) is 11.4 Å². The van der Waals surface area contributed by atoms with Crippen molar-refractivity contribution in [1.29, 1.82) is 0 Å². The minimum atomic E-state index is -3.63. The lowest BCUT2D eigenvalue weighted by Gasteiger charge is -2.07. The van der Waals surface area contributed by atoms with Crippen molar-refractivity contribution < 1.29 is 13.2 Å². The van der Waals surface area contributed by atoms with Crippen LogP contribution in [0.3, 0.4) is 0 Å². The van der Waals surface area contributed by atoms with Crippen molar-refractivity contribution in [3.05, 3.63) is 38.6 Å². The Morgan fingerprint density at radius 2 is 1.71 bits per heavy atom. The summed E-state index contributed by atoms with van der Waals surface area (Å²) in [5.74, 6) is -0.184. The van der Waals surface area contributed by atoms with Gasteiger partial charge in [-0.25, -0.2) is 8.42 Å². The minimum Gasteiger partial charge on any atom is -0.326 e. The summed E-state index contributed by atoms with van der Waals surface area (Å²) in [6, 6.07) is 7.95. The van der Waals surface area contributed by atoms with E-state index in [1.54, 1.807) is 24.3 Å². The fourth-order valence-corrected chi connectivity index (χ4v) is 5.37. The first-order chi connectivity index (χ1) is 9.78. The molecular formula is C12H10Br2N2O3S2. The van der Waals surface area contributed by atoms with E-state index in [1.165, 1.54) is 13.0 Å². The standard InChI is InChI=1S/C12H10Br2N2O3S2/c1-7(17)15-8-2-4-9(5-3-8)16-21(18,19)11-6-10(13)12(14)20-11/h2-6,16H,1H3,(H,15,17). The number of hydrogen-bond acceptors (Lipinski definition) is 4. The molecule has 0 saturated carbocycles. The second kappa shape index (κ2) is 6.47. The molecule has 5 nitrogen and oxygen atoms in total. The van der Waals surface area contributed by atoms with Crippen LogP contribution in [0.5, 0.6) is 0 Å². The largest absolute Gasteiger partial charge is 0.326 e. The fourth-order valence-electron chi connectivity index (χ4n) is 1.49. The highest BCUT2D eigenvalue weighted by Crippen LogP contribution is 2.35. The molecule has 0 spiro atoms. The lowest BCUT2D eigenvalue weighted by molar-refractivity contribution is -0.114. The van der Waals surface area contributed by atoms with E-state index in [0.717, 1.165) is 11.3 Å². The van der Waals surface area contributed by atoms with Gasteiger partial charge in [0.25, 0.3) is 10.0 Å². The van der Waals surface area contributed by atoms with Gasteiger partial charge in [0.2, 0.25) is 5.91 Å². The average molecular weight is 454 g/mol. The van der Waals surface area contributed by atoms with E-state index in [9.17, 15) is 13.2 Å². The summed E-state index contributed by atoms with van der Waals surface area (Å²) in [7, 11) is -3.63. The number of hydrogen-bond donors (Lipinski definition) is 2. The van der Waals surface area contributed by atoms with Crippen LogP contribution in [0, 0.1) is 0 Å². The number of rotatable bonds is 4. The summed E-state index contributed by atoms with van der Waals surface area (Å²) in [5, 5.41) is 2.61. The molecule has 0 aliphatic rings. The lowest BCUT2D eigenvalue weighted by Crippen LogP contribution is -2.11. The van der Waals surface area contributed by atoms with E-state index in [1.807, 2.05) is 0 Å². The van der Waals surface area contributed by atoms with Crippen LogP contribution in [0.2, 0.25) is 0 Å². The average Bonchev–Trinajstić information content (AvgIpc) is 2.72. The van der Waals surface area contributed by atoms with Crippen LogP contribution >= 0.6 is 43.2 Å². The molecule has 0 bridgehead atoms. The second-order valence-corrected chi connectivity index (χ2v) is 9.18. The van der Waals surface area contributed by atoms with Crippen LogP contribution in [-0.2, 0) is 14.8 Å². The smallest absolute Gasteiger partial charge is 0.271 e. The highest BCUT2D eigenvalue weighted by Gasteiger charge is 2.18. The van der Waals surface area contributed by atoms with E-state index in [4.69, 9.17) is 0 Å². The zero-order valence-corrected chi connectivity index (χ0v) is 15.5. The molecule has 0 aliphatic carbocycles. The Labute approximate surface area is 143 Å². The Kier molecular flexibility index (Phi) is 5.07.